The number of nitriles is 2. The van der Waals surface area contributed by atoms with E-state index in [1.165, 1.54) is 11.3 Å². The van der Waals surface area contributed by atoms with Gasteiger partial charge in [-0.2, -0.15) is 10.5 Å². The minimum absolute atomic E-state index is 0.548. The molecule has 0 fully saturated rings. The monoisotopic (exact) mass is 164 g/mol. The number of hydrogen-bond donors (Lipinski definition) is 1. The van der Waals surface area contributed by atoms with E-state index in [1.807, 2.05) is 12.1 Å². The van der Waals surface area contributed by atoms with Crippen molar-refractivity contribution in [1.29, 1.82) is 10.5 Å². The van der Waals surface area contributed by atoms with Gasteiger partial charge in [-0.1, -0.05) is 11.3 Å². The topological polar surface area (TPSA) is 75.2 Å². The summed E-state index contributed by atoms with van der Waals surface area (Å²) in [5.41, 5.74) is 4.97. The molecular formula is C7H6N3S+. The van der Waals surface area contributed by atoms with Crippen LogP contribution < -0.4 is 5.73 Å². The van der Waals surface area contributed by atoms with E-state index in [1.54, 1.807) is 6.92 Å². The van der Waals surface area contributed by atoms with Gasteiger partial charge in [0, 0.05) is 5.56 Å². The van der Waals surface area contributed by atoms with Crippen LogP contribution in [0.4, 0.5) is 5.00 Å². The smallest absolute Gasteiger partial charge is 0.202 e. The van der Waals surface area contributed by atoms with E-state index in [4.69, 9.17) is 10.5 Å². The Morgan fingerprint density at radius 1 is 1.36 bits per heavy atom. The van der Waals surface area contributed by atoms with Crippen molar-refractivity contribution in [2.45, 2.75) is 6.92 Å². The van der Waals surface area contributed by atoms with Gasteiger partial charge in [0.25, 0.3) is 0 Å². The van der Waals surface area contributed by atoms with Crippen molar-refractivity contribution in [2.75, 3.05) is 0 Å². The summed E-state index contributed by atoms with van der Waals surface area (Å²) in [6.07, 6.45) is 0. The maximum Gasteiger partial charge on any atom is 0.202 e. The Bertz CT molecular complexity index is 364. The van der Waals surface area contributed by atoms with Gasteiger partial charge in [-0.3, -0.25) is 0 Å². The predicted molar refractivity (Wildman–Crippen MR) is 41.0 cm³/mol. The second kappa shape index (κ2) is 2.71. The normalized spacial score (nSPS) is 8.73. The number of rotatable bonds is 0. The van der Waals surface area contributed by atoms with E-state index in [0.29, 0.717) is 15.4 Å². The highest BCUT2D eigenvalue weighted by molar-refractivity contribution is 7.16. The molecule has 0 saturated carbocycles. The summed E-state index contributed by atoms with van der Waals surface area (Å²) in [5, 5.41) is 17.9. The maximum atomic E-state index is 8.62. The molecular weight excluding hydrogens is 158 g/mol. The predicted octanol–water partition coefficient (Wildman–Crippen LogP) is 0.673. The van der Waals surface area contributed by atoms with Gasteiger partial charge in [0.15, 0.2) is 0 Å². The molecule has 1 rings (SSSR count). The number of quaternary nitrogens is 1. The first-order valence-corrected chi connectivity index (χ1v) is 3.78. The highest BCUT2D eigenvalue weighted by Crippen LogP contribution is 2.27. The molecule has 11 heavy (non-hydrogen) atoms. The van der Waals surface area contributed by atoms with Gasteiger partial charge < -0.3 is 5.73 Å². The largest absolute Gasteiger partial charge is 0.315 e. The fourth-order valence-electron chi connectivity index (χ4n) is 0.826. The van der Waals surface area contributed by atoms with Crippen LogP contribution in [0.1, 0.15) is 16.0 Å². The summed E-state index contributed by atoms with van der Waals surface area (Å²) in [5.74, 6) is 0. The molecule has 0 amide bonds. The molecule has 0 radical (unpaired) electrons. The van der Waals surface area contributed by atoms with Gasteiger partial charge in [0.2, 0.25) is 5.00 Å². The fourth-order valence-corrected chi connectivity index (χ4v) is 1.67. The van der Waals surface area contributed by atoms with Crippen LogP contribution in [0.5, 0.6) is 0 Å². The third-order valence-electron chi connectivity index (χ3n) is 1.43. The third kappa shape index (κ3) is 1.10. The lowest BCUT2D eigenvalue weighted by Gasteiger charge is -1.82. The Kier molecular flexibility index (Phi) is 1.91. The van der Waals surface area contributed by atoms with E-state index >= 15 is 0 Å². The Hall–Kier alpha value is -1.36. The van der Waals surface area contributed by atoms with Crippen LogP contribution >= 0.6 is 11.3 Å². The maximum absolute atomic E-state index is 8.62. The van der Waals surface area contributed by atoms with Crippen LogP contribution in [0.3, 0.4) is 0 Å². The molecule has 1 aromatic rings. The van der Waals surface area contributed by atoms with Crippen LogP contribution in [-0.2, 0) is 0 Å². The van der Waals surface area contributed by atoms with Crippen LogP contribution in [0.15, 0.2) is 0 Å². The molecule has 1 heterocycles. The Balaban J connectivity index is 3.43. The van der Waals surface area contributed by atoms with E-state index in [0.717, 1.165) is 5.56 Å². The molecule has 0 aliphatic heterocycles. The first-order chi connectivity index (χ1) is 5.20. The summed E-state index contributed by atoms with van der Waals surface area (Å²) < 4.78 is 0. The Labute approximate surface area is 68.3 Å². The van der Waals surface area contributed by atoms with Crippen molar-refractivity contribution in [3.63, 3.8) is 0 Å². The van der Waals surface area contributed by atoms with Crippen LogP contribution in [0.2, 0.25) is 0 Å². The molecule has 1 aromatic heterocycles. The van der Waals surface area contributed by atoms with Gasteiger partial charge in [0.05, 0.1) is 0 Å². The van der Waals surface area contributed by atoms with Crippen LogP contribution in [0, 0.1) is 29.6 Å². The minimum Gasteiger partial charge on any atom is -0.315 e. The Morgan fingerprint density at radius 2 is 2.00 bits per heavy atom. The van der Waals surface area contributed by atoms with Crippen molar-refractivity contribution < 1.29 is 5.73 Å². The Morgan fingerprint density at radius 3 is 2.27 bits per heavy atom. The lowest BCUT2D eigenvalue weighted by atomic mass is 10.2. The highest BCUT2D eigenvalue weighted by atomic mass is 32.1. The molecule has 0 spiro atoms. The van der Waals surface area contributed by atoms with Gasteiger partial charge in [-0.25, -0.2) is 0 Å². The van der Waals surface area contributed by atoms with E-state index in [2.05, 4.69) is 5.73 Å². The summed E-state index contributed by atoms with van der Waals surface area (Å²) in [4.78, 5) is 0.589. The molecule has 0 aliphatic rings. The zero-order chi connectivity index (χ0) is 8.43. The molecule has 0 aromatic carbocycles. The summed E-state index contributed by atoms with van der Waals surface area (Å²) in [6, 6.07) is 4.03. The summed E-state index contributed by atoms with van der Waals surface area (Å²) in [7, 11) is 0. The highest BCUT2D eigenvalue weighted by Gasteiger charge is 2.13. The lowest BCUT2D eigenvalue weighted by molar-refractivity contribution is -0.249. The molecule has 0 aliphatic carbocycles. The quantitative estimate of drug-likeness (QED) is 0.612. The molecule has 3 N–H and O–H groups in total. The molecule has 0 saturated heterocycles. The van der Waals surface area contributed by atoms with Crippen molar-refractivity contribution in [3.8, 4) is 12.1 Å². The molecule has 54 valence electrons. The van der Waals surface area contributed by atoms with Crippen molar-refractivity contribution in [1.82, 2.24) is 0 Å². The van der Waals surface area contributed by atoms with Gasteiger partial charge in [-0.15, -0.1) is 0 Å². The zero-order valence-electron chi connectivity index (χ0n) is 6.01. The average molecular weight is 164 g/mol. The average Bonchev–Trinajstić information content (AvgIpc) is 2.26. The molecule has 0 unspecified atom stereocenters. The van der Waals surface area contributed by atoms with Crippen molar-refractivity contribution in [2.24, 2.45) is 0 Å². The number of nitrogens with zero attached hydrogens (tertiary/aromatic N) is 2. The van der Waals surface area contributed by atoms with Crippen molar-refractivity contribution >= 4 is 16.3 Å². The van der Waals surface area contributed by atoms with Gasteiger partial charge in [-0.05, 0) is 6.92 Å². The van der Waals surface area contributed by atoms with E-state index in [-0.39, 0.29) is 0 Å². The molecule has 4 heteroatoms. The summed E-state index contributed by atoms with van der Waals surface area (Å²) in [6.45, 7) is 1.77. The SMILES string of the molecule is Cc1c(C#N)sc([NH3+])c1C#N. The second-order valence-electron chi connectivity index (χ2n) is 2.08. The summed E-state index contributed by atoms with van der Waals surface area (Å²) >= 11 is 1.27. The standard InChI is InChI=1S/C7H5N3S/c1-4-5(2-8)7(10)11-6(4)3-9/h10H2,1H3/p+1. The molecule has 3 nitrogen and oxygen atoms in total. The van der Waals surface area contributed by atoms with Crippen LogP contribution in [0.25, 0.3) is 0 Å². The van der Waals surface area contributed by atoms with E-state index in [9.17, 15) is 0 Å². The second-order valence-corrected chi connectivity index (χ2v) is 3.18. The first kappa shape index (κ1) is 7.74. The first-order valence-electron chi connectivity index (χ1n) is 2.96. The van der Waals surface area contributed by atoms with Crippen LogP contribution in [-0.4, -0.2) is 0 Å². The fraction of sp³-hybridized carbons (Fsp3) is 0.143. The molecule has 0 bridgehead atoms. The zero-order valence-corrected chi connectivity index (χ0v) is 6.83. The van der Waals surface area contributed by atoms with Gasteiger partial charge in [0.1, 0.15) is 22.6 Å². The molecule has 0 atom stereocenters. The lowest BCUT2D eigenvalue weighted by Crippen LogP contribution is -2.39. The number of hydrogen-bond acceptors (Lipinski definition) is 3. The number of thiophene rings is 1. The van der Waals surface area contributed by atoms with E-state index < -0.39 is 0 Å². The third-order valence-corrected chi connectivity index (χ3v) is 2.49. The van der Waals surface area contributed by atoms with Crippen molar-refractivity contribution in [3.05, 3.63) is 16.0 Å². The van der Waals surface area contributed by atoms with Gasteiger partial charge >= 0.3 is 0 Å². The minimum atomic E-state index is 0.548.